The van der Waals surface area contributed by atoms with Gasteiger partial charge in [0.25, 0.3) is 0 Å². The van der Waals surface area contributed by atoms with E-state index in [0.717, 1.165) is 5.56 Å². The lowest BCUT2D eigenvalue weighted by atomic mass is 10.2. The van der Waals surface area contributed by atoms with Gasteiger partial charge in [-0.25, -0.2) is 4.68 Å². The SMILES string of the molecule is CCn1nnnc1NCc1cc(Cl)c(OC(C)C)c(OC)c1. The Hall–Kier alpha value is -2.02. The van der Waals surface area contributed by atoms with E-state index in [1.54, 1.807) is 11.8 Å². The van der Waals surface area contributed by atoms with Crippen LogP contribution in [0.4, 0.5) is 5.95 Å². The quantitative estimate of drug-likeness (QED) is 0.843. The van der Waals surface area contributed by atoms with Crippen molar-refractivity contribution in [3.05, 3.63) is 22.7 Å². The van der Waals surface area contributed by atoms with Crippen molar-refractivity contribution in [2.24, 2.45) is 0 Å². The van der Waals surface area contributed by atoms with E-state index in [0.29, 0.717) is 35.6 Å². The van der Waals surface area contributed by atoms with Crippen LogP contribution in [0.3, 0.4) is 0 Å². The molecule has 1 aromatic carbocycles. The first-order valence-electron chi connectivity index (χ1n) is 7.08. The Morgan fingerprint density at radius 2 is 2.14 bits per heavy atom. The molecule has 0 fully saturated rings. The Morgan fingerprint density at radius 1 is 1.36 bits per heavy atom. The average molecular weight is 326 g/mol. The van der Waals surface area contributed by atoms with Gasteiger partial charge in [0.15, 0.2) is 11.5 Å². The van der Waals surface area contributed by atoms with Crippen LogP contribution in [0, 0.1) is 0 Å². The van der Waals surface area contributed by atoms with E-state index in [1.165, 1.54) is 0 Å². The van der Waals surface area contributed by atoms with Crippen molar-refractivity contribution in [3.63, 3.8) is 0 Å². The molecular weight excluding hydrogens is 306 g/mol. The fourth-order valence-corrected chi connectivity index (χ4v) is 2.23. The summed E-state index contributed by atoms with van der Waals surface area (Å²) in [6.07, 6.45) is 0.0181. The number of ether oxygens (including phenoxy) is 2. The number of halogens is 1. The van der Waals surface area contributed by atoms with Crippen LogP contribution in [0.2, 0.25) is 5.02 Å². The van der Waals surface area contributed by atoms with E-state index in [-0.39, 0.29) is 6.10 Å². The van der Waals surface area contributed by atoms with Gasteiger partial charge in [0.05, 0.1) is 18.2 Å². The monoisotopic (exact) mass is 325 g/mol. The molecule has 22 heavy (non-hydrogen) atoms. The summed E-state index contributed by atoms with van der Waals surface area (Å²) in [5, 5.41) is 15.1. The van der Waals surface area contributed by atoms with Gasteiger partial charge < -0.3 is 14.8 Å². The fraction of sp³-hybridized carbons (Fsp3) is 0.500. The maximum Gasteiger partial charge on any atom is 0.243 e. The molecule has 120 valence electrons. The summed E-state index contributed by atoms with van der Waals surface area (Å²) in [5.41, 5.74) is 0.948. The molecule has 0 unspecified atom stereocenters. The summed E-state index contributed by atoms with van der Waals surface area (Å²) in [5.74, 6) is 1.77. The predicted molar refractivity (Wildman–Crippen MR) is 84.6 cm³/mol. The Morgan fingerprint density at radius 3 is 2.77 bits per heavy atom. The molecule has 0 aliphatic carbocycles. The van der Waals surface area contributed by atoms with Crippen molar-refractivity contribution in [2.75, 3.05) is 12.4 Å². The molecule has 1 N–H and O–H groups in total. The molecule has 0 bridgehead atoms. The molecule has 0 saturated carbocycles. The lowest BCUT2D eigenvalue weighted by molar-refractivity contribution is 0.230. The Kier molecular flexibility index (Phi) is 5.43. The predicted octanol–water partition coefficient (Wildman–Crippen LogP) is 2.75. The molecule has 0 amide bonds. The second-order valence-electron chi connectivity index (χ2n) is 4.95. The van der Waals surface area contributed by atoms with Gasteiger partial charge in [-0.05, 0) is 48.9 Å². The second-order valence-corrected chi connectivity index (χ2v) is 5.35. The summed E-state index contributed by atoms with van der Waals surface area (Å²) in [4.78, 5) is 0. The van der Waals surface area contributed by atoms with Crippen molar-refractivity contribution in [3.8, 4) is 11.5 Å². The van der Waals surface area contributed by atoms with Gasteiger partial charge in [-0.2, -0.15) is 0 Å². The number of anilines is 1. The highest BCUT2D eigenvalue weighted by molar-refractivity contribution is 6.32. The molecule has 0 spiro atoms. The molecule has 0 saturated heterocycles. The van der Waals surface area contributed by atoms with E-state index in [4.69, 9.17) is 21.1 Å². The van der Waals surface area contributed by atoms with Crippen molar-refractivity contribution in [2.45, 2.75) is 40.0 Å². The van der Waals surface area contributed by atoms with Gasteiger partial charge in [0.2, 0.25) is 5.95 Å². The number of aromatic nitrogens is 4. The van der Waals surface area contributed by atoms with Crippen molar-refractivity contribution in [1.29, 1.82) is 0 Å². The number of nitrogens with zero attached hydrogens (tertiary/aromatic N) is 4. The third kappa shape index (κ3) is 3.79. The van der Waals surface area contributed by atoms with Crippen LogP contribution in [-0.4, -0.2) is 33.4 Å². The third-order valence-electron chi connectivity index (χ3n) is 2.92. The number of hydrogen-bond donors (Lipinski definition) is 1. The molecule has 8 heteroatoms. The molecule has 1 aromatic heterocycles. The molecular formula is C14H20ClN5O2. The van der Waals surface area contributed by atoms with Crippen LogP contribution < -0.4 is 14.8 Å². The van der Waals surface area contributed by atoms with Gasteiger partial charge in [-0.15, -0.1) is 0 Å². The van der Waals surface area contributed by atoms with Crippen LogP contribution in [0.15, 0.2) is 12.1 Å². The molecule has 0 aliphatic rings. The van der Waals surface area contributed by atoms with Gasteiger partial charge in [-0.3, -0.25) is 0 Å². The maximum absolute atomic E-state index is 6.30. The van der Waals surface area contributed by atoms with Crippen LogP contribution in [0.1, 0.15) is 26.3 Å². The Labute approximate surface area is 134 Å². The zero-order valence-corrected chi connectivity index (χ0v) is 13.9. The number of methoxy groups -OCH3 is 1. The zero-order chi connectivity index (χ0) is 16.1. The van der Waals surface area contributed by atoms with Crippen molar-refractivity contribution >= 4 is 17.5 Å². The minimum absolute atomic E-state index is 0.0181. The third-order valence-corrected chi connectivity index (χ3v) is 3.21. The zero-order valence-electron chi connectivity index (χ0n) is 13.1. The molecule has 1 heterocycles. The molecule has 0 radical (unpaired) electrons. The first-order valence-corrected chi connectivity index (χ1v) is 7.46. The van der Waals surface area contributed by atoms with E-state index < -0.39 is 0 Å². The van der Waals surface area contributed by atoms with Gasteiger partial charge in [0.1, 0.15) is 0 Å². The molecule has 0 atom stereocenters. The number of hydrogen-bond acceptors (Lipinski definition) is 6. The topological polar surface area (TPSA) is 74.1 Å². The summed E-state index contributed by atoms with van der Waals surface area (Å²) >= 11 is 6.30. The van der Waals surface area contributed by atoms with Gasteiger partial charge in [0, 0.05) is 13.1 Å². The largest absolute Gasteiger partial charge is 0.493 e. The standard InChI is InChI=1S/C14H20ClN5O2/c1-5-20-14(17-18-19-20)16-8-10-6-11(15)13(22-9(2)3)12(7-10)21-4/h6-7,9H,5,8H2,1-4H3,(H,16,17,19). The molecule has 0 aliphatic heterocycles. The lowest BCUT2D eigenvalue weighted by Crippen LogP contribution is -2.09. The van der Waals surface area contributed by atoms with Crippen LogP contribution >= 0.6 is 11.6 Å². The first-order chi connectivity index (χ1) is 10.5. The first kappa shape index (κ1) is 16.4. The molecule has 7 nitrogen and oxygen atoms in total. The van der Waals surface area contributed by atoms with E-state index in [9.17, 15) is 0 Å². The maximum atomic E-state index is 6.30. The Balaban J connectivity index is 2.16. The summed E-state index contributed by atoms with van der Waals surface area (Å²) in [7, 11) is 1.59. The number of rotatable bonds is 7. The molecule has 2 rings (SSSR count). The van der Waals surface area contributed by atoms with Gasteiger partial charge in [-0.1, -0.05) is 16.7 Å². The fourth-order valence-electron chi connectivity index (χ4n) is 1.95. The van der Waals surface area contributed by atoms with Crippen LogP contribution in [0.25, 0.3) is 0 Å². The molecule has 2 aromatic rings. The van der Waals surface area contributed by atoms with Crippen LogP contribution in [0.5, 0.6) is 11.5 Å². The number of nitrogens with one attached hydrogen (secondary N) is 1. The van der Waals surface area contributed by atoms with E-state index in [2.05, 4.69) is 20.8 Å². The van der Waals surface area contributed by atoms with E-state index >= 15 is 0 Å². The summed E-state index contributed by atoms with van der Waals surface area (Å²) in [6, 6.07) is 3.73. The normalized spacial score (nSPS) is 10.8. The Bertz CT molecular complexity index is 630. The van der Waals surface area contributed by atoms with Crippen molar-refractivity contribution < 1.29 is 9.47 Å². The average Bonchev–Trinajstić information content (AvgIpc) is 2.94. The highest BCUT2D eigenvalue weighted by Gasteiger charge is 2.14. The minimum atomic E-state index is 0.0181. The second kappa shape index (κ2) is 7.31. The van der Waals surface area contributed by atoms with Crippen molar-refractivity contribution in [1.82, 2.24) is 20.2 Å². The smallest absolute Gasteiger partial charge is 0.243 e. The van der Waals surface area contributed by atoms with Crippen LogP contribution in [-0.2, 0) is 13.1 Å². The highest BCUT2D eigenvalue weighted by atomic mass is 35.5. The number of benzene rings is 1. The number of aryl methyl sites for hydroxylation is 1. The highest BCUT2D eigenvalue weighted by Crippen LogP contribution is 2.37. The number of tetrazole rings is 1. The lowest BCUT2D eigenvalue weighted by Gasteiger charge is -2.16. The van der Waals surface area contributed by atoms with Gasteiger partial charge >= 0.3 is 0 Å². The minimum Gasteiger partial charge on any atom is -0.493 e. The summed E-state index contributed by atoms with van der Waals surface area (Å²) in [6.45, 7) is 7.07. The summed E-state index contributed by atoms with van der Waals surface area (Å²) < 4.78 is 12.7. The van der Waals surface area contributed by atoms with E-state index in [1.807, 2.05) is 32.9 Å².